The third-order valence-corrected chi connectivity index (χ3v) is 4.72. The van der Waals surface area contributed by atoms with E-state index in [2.05, 4.69) is 16.4 Å². The Kier molecular flexibility index (Phi) is 3.38. The molecule has 0 saturated heterocycles. The highest BCUT2D eigenvalue weighted by Crippen LogP contribution is 2.30. The van der Waals surface area contributed by atoms with Crippen LogP contribution in [-0.4, -0.2) is 16.9 Å². The van der Waals surface area contributed by atoms with Crippen LogP contribution in [0.4, 0.5) is 5.13 Å². The van der Waals surface area contributed by atoms with Gasteiger partial charge in [-0.25, -0.2) is 4.98 Å². The van der Waals surface area contributed by atoms with Crippen LogP contribution in [0.3, 0.4) is 0 Å². The molecule has 0 unspecified atom stereocenters. The number of anilines is 1. The number of hydrogen-bond donors (Lipinski definition) is 2. The SMILES string of the molecule is NC(=O)C1CCC(Nc2nc3ccccc3s2)CC1. The molecule has 2 aromatic rings. The van der Waals surface area contributed by atoms with Crippen molar-refractivity contribution >= 4 is 32.6 Å². The van der Waals surface area contributed by atoms with Gasteiger partial charge < -0.3 is 11.1 Å². The van der Waals surface area contributed by atoms with Crippen molar-refractivity contribution in [1.82, 2.24) is 4.98 Å². The first-order valence-electron chi connectivity index (χ1n) is 6.64. The van der Waals surface area contributed by atoms with Crippen LogP contribution < -0.4 is 11.1 Å². The maximum atomic E-state index is 11.1. The molecule has 0 radical (unpaired) electrons. The van der Waals surface area contributed by atoms with E-state index in [1.54, 1.807) is 11.3 Å². The Labute approximate surface area is 116 Å². The number of carbonyl (C=O) groups excluding carboxylic acids is 1. The smallest absolute Gasteiger partial charge is 0.220 e. The first-order chi connectivity index (χ1) is 9.22. The topological polar surface area (TPSA) is 68.0 Å². The van der Waals surface area contributed by atoms with Gasteiger partial charge in [0.15, 0.2) is 5.13 Å². The van der Waals surface area contributed by atoms with Crippen LogP contribution in [0, 0.1) is 5.92 Å². The average molecular weight is 275 g/mol. The zero-order chi connectivity index (χ0) is 13.2. The van der Waals surface area contributed by atoms with Crippen molar-refractivity contribution in [2.75, 3.05) is 5.32 Å². The van der Waals surface area contributed by atoms with Gasteiger partial charge in [0.25, 0.3) is 0 Å². The fourth-order valence-electron chi connectivity index (χ4n) is 2.63. The van der Waals surface area contributed by atoms with E-state index in [1.165, 1.54) is 4.70 Å². The molecule has 19 heavy (non-hydrogen) atoms. The lowest BCUT2D eigenvalue weighted by Crippen LogP contribution is -2.32. The number of nitrogens with two attached hydrogens (primary N) is 1. The monoisotopic (exact) mass is 275 g/mol. The van der Waals surface area contributed by atoms with Crippen molar-refractivity contribution in [1.29, 1.82) is 0 Å². The minimum Gasteiger partial charge on any atom is -0.369 e. The van der Waals surface area contributed by atoms with Gasteiger partial charge in [-0.2, -0.15) is 0 Å². The second-order valence-corrected chi connectivity index (χ2v) is 6.11. The van der Waals surface area contributed by atoms with E-state index in [0.717, 1.165) is 36.3 Å². The van der Waals surface area contributed by atoms with E-state index in [0.29, 0.717) is 6.04 Å². The number of benzene rings is 1. The van der Waals surface area contributed by atoms with Crippen LogP contribution in [0.1, 0.15) is 25.7 Å². The Morgan fingerprint density at radius 3 is 2.68 bits per heavy atom. The highest BCUT2D eigenvalue weighted by molar-refractivity contribution is 7.22. The lowest BCUT2D eigenvalue weighted by molar-refractivity contribution is -0.122. The van der Waals surface area contributed by atoms with Gasteiger partial charge in [-0.1, -0.05) is 23.5 Å². The number of fused-ring (bicyclic) bond motifs is 1. The third-order valence-electron chi connectivity index (χ3n) is 3.75. The predicted octanol–water partition coefficient (Wildman–Crippen LogP) is 2.75. The maximum absolute atomic E-state index is 11.1. The van der Waals surface area contributed by atoms with E-state index in [4.69, 9.17) is 5.73 Å². The van der Waals surface area contributed by atoms with E-state index in [1.807, 2.05) is 18.2 Å². The van der Waals surface area contributed by atoms with Gasteiger partial charge in [0.05, 0.1) is 10.2 Å². The molecule has 100 valence electrons. The summed E-state index contributed by atoms with van der Waals surface area (Å²) in [7, 11) is 0. The average Bonchev–Trinajstić information content (AvgIpc) is 2.81. The Bertz CT molecular complexity index is 554. The molecule has 0 atom stereocenters. The standard InChI is InChI=1S/C14H17N3OS/c15-13(18)9-5-7-10(8-6-9)16-14-17-11-3-1-2-4-12(11)19-14/h1-4,9-10H,5-8H2,(H2,15,18)(H,16,17). The highest BCUT2D eigenvalue weighted by Gasteiger charge is 2.24. The number of thiazole rings is 1. The van der Waals surface area contributed by atoms with Gasteiger partial charge in [-0.3, -0.25) is 4.79 Å². The Balaban J connectivity index is 1.64. The molecule has 5 heteroatoms. The molecule has 4 nitrogen and oxygen atoms in total. The summed E-state index contributed by atoms with van der Waals surface area (Å²) < 4.78 is 1.20. The molecular formula is C14H17N3OS. The number of para-hydroxylation sites is 1. The quantitative estimate of drug-likeness (QED) is 0.905. The fourth-order valence-corrected chi connectivity index (χ4v) is 3.57. The number of aromatic nitrogens is 1. The first-order valence-corrected chi connectivity index (χ1v) is 7.45. The summed E-state index contributed by atoms with van der Waals surface area (Å²) in [6.45, 7) is 0. The Morgan fingerprint density at radius 1 is 1.26 bits per heavy atom. The van der Waals surface area contributed by atoms with Crippen molar-refractivity contribution < 1.29 is 4.79 Å². The minimum atomic E-state index is -0.154. The molecule has 1 amide bonds. The summed E-state index contributed by atoms with van der Waals surface area (Å²) in [5.41, 5.74) is 6.39. The number of carbonyl (C=O) groups is 1. The Hall–Kier alpha value is -1.62. The van der Waals surface area contributed by atoms with Crippen molar-refractivity contribution in [3.8, 4) is 0 Å². The number of nitrogens with one attached hydrogen (secondary N) is 1. The lowest BCUT2D eigenvalue weighted by atomic mass is 9.86. The first kappa shape index (κ1) is 12.4. The minimum absolute atomic E-state index is 0.0633. The van der Waals surface area contributed by atoms with Gasteiger partial charge in [-0.05, 0) is 37.8 Å². The van der Waals surface area contributed by atoms with Crippen LogP contribution in [0.15, 0.2) is 24.3 Å². The molecule has 1 saturated carbocycles. The fraction of sp³-hybridized carbons (Fsp3) is 0.429. The third kappa shape index (κ3) is 2.71. The van der Waals surface area contributed by atoms with Crippen molar-refractivity contribution in [3.63, 3.8) is 0 Å². The van der Waals surface area contributed by atoms with Gasteiger partial charge in [0.2, 0.25) is 5.91 Å². The molecule has 1 fully saturated rings. The van der Waals surface area contributed by atoms with Gasteiger partial charge in [0.1, 0.15) is 0 Å². The van der Waals surface area contributed by atoms with Crippen LogP contribution in [0.25, 0.3) is 10.2 Å². The second-order valence-electron chi connectivity index (χ2n) is 5.08. The van der Waals surface area contributed by atoms with Gasteiger partial charge >= 0.3 is 0 Å². The highest BCUT2D eigenvalue weighted by atomic mass is 32.1. The van der Waals surface area contributed by atoms with Crippen LogP contribution in [0.5, 0.6) is 0 Å². The molecule has 3 rings (SSSR count). The van der Waals surface area contributed by atoms with E-state index >= 15 is 0 Å². The molecule has 1 heterocycles. The summed E-state index contributed by atoms with van der Waals surface area (Å²) in [4.78, 5) is 15.7. The normalized spacial score (nSPS) is 23.4. The Morgan fingerprint density at radius 2 is 2.00 bits per heavy atom. The number of primary amides is 1. The maximum Gasteiger partial charge on any atom is 0.220 e. The summed E-state index contributed by atoms with van der Waals surface area (Å²) in [6, 6.07) is 8.56. The molecule has 1 aliphatic carbocycles. The largest absolute Gasteiger partial charge is 0.369 e. The molecule has 0 spiro atoms. The van der Waals surface area contributed by atoms with E-state index < -0.39 is 0 Å². The van der Waals surface area contributed by atoms with E-state index in [-0.39, 0.29) is 11.8 Å². The summed E-state index contributed by atoms with van der Waals surface area (Å²) in [5.74, 6) is -0.0909. The number of amides is 1. The molecule has 3 N–H and O–H groups in total. The summed E-state index contributed by atoms with van der Waals surface area (Å²) in [5, 5.41) is 4.46. The van der Waals surface area contributed by atoms with Crippen molar-refractivity contribution in [3.05, 3.63) is 24.3 Å². The molecule has 0 bridgehead atoms. The summed E-state index contributed by atoms with van der Waals surface area (Å²) in [6.07, 6.45) is 3.75. The van der Waals surface area contributed by atoms with Crippen LogP contribution in [-0.2, 0) is 4.79 Å². The van der Waals surface area contributed by atoms with E-state index in [9.17, 15) is 4.79 Å². The number of nitrogens with zero attached hydrogens (tertiary/aromatic N) is 1. The molecule has 1 aromatic carbocycles. The summed E-state index contributed by atoms with van der Waals surface area (Å²) >= 11 is 1.68. The number of rotatable bonds is 3. The molecule has 1 aliphatic rings. The second kappa shape index (κ2) is 5.17. The van der Waals surface area contributed by atoms with Gasteiger partial charge in [-0.15, -0.1) is 0 Å². The number of hydrogen-bond acceptors (Lipinski definition) is 4. The molecule has 0 aliphatic heterocycles. The van der Waals surface area contributed by atoms with Crippen molar-refractivity contribution in [2.45, 2.75) is 31.7 Å². The molecule has 1 aromatic heterocycles. The zero-order valence-corrected chi connectivity index (χ0v) is 11.5. The molecular weight excluding hydrogens is 258 g/mol. The zero-order valence-electron chi connectivity index (χ0n) is 10.6. The van der Waals surface area contributed by atoms with Crippen LogP contribution >= 0.6 is 11.3 Å². The lowest BCUT2D eigenvalue weighted by Gasteiger charge is -2.27. The van der Waals surface area contributed by atoms with Gasteiger partial charge in [0, 0.05) is 12.0 Å². The van der Waals surface area contributed by atoms with Crippen molar-refractivity contribution in [2.24, 2.45) is 11.7 Å². The predicted molar refractivity (Wildman–Crippen MR) is 78.2 cm³/mol. The van der Waals surface area contributed by atoms with Crippen LogP contribution in [0.2, 0.25) is 0 Å².